The molecule has 1 fully saturated rings. The van der Waals surface area contributed by atoms with E-state index >= 15 is 0 Å². The number of methoxy groups -OCH3 is 1. The molecule has 1 saturated heterocycles. The molecule has 7 heteroatoms. The van der Waals surface area contributed by atoms with E-state index in [0.717, 1.165) is 42.2 Å². The first-order valence-corrected chi connectivity index (χ1v) is 9.57. The van der Waals surface area contributed by atoms with Crippen molar-refractivity contribution in [3.63, 3.8) is 0 Å². The van der Waals surface area contributed by atoms with Crippen LogP contribution in [0.5, 0.6) is 11.5 Å². The van der Waals surface area contributed by atoms with Crippen molar-refractivity contribution in [2.45, 2.75) is 18.9 Å². The molecule has 4 rings (SSSR count). The molecular weight excluding hydrogens is 370 g/mol. The van der Waals surface area contributed by atoms with Gasteiger partial charge in [-0.15, -0.1) is 0 Å². The van der Waals surface area contributed by atoms with Gasteiger partial charge in [-0.1, -0.05) is 12.1 Å². The maximum absolute atomic E-state index is 12.5. The number of carbonyl (C=O) groups excluding carboxylic acids is 1. The highest BCUT2D eigenvalue weighted by Crippen LogP contribution is 2.29. The van der Waals surface area contributed by atoms with Crippen molar-refractivity contribution in [3.8, 4) is 22.8 Å². The summed E-state index contributed by atoms with van der Waals surface area (Å²) in [6.45, 7) is 1.34. The number of nitrogens with zero attached hydrogens (tertiary/aromatic N) is 1. The quantitative estimate of drug-likeness (QED) is 0.636. The van der Waals surface area contributed by atoms with Gasteiger partial charge in [0.15, 0.2) is 5.82 Å². The van der Waals surface area contributed by atoms with E-state index in [1.165, 1.54) is 0 Å². The molecule has 1 aliphatic rings. The Labute approximate surface area is 169 Å². The Bertz CT molecular complexity index is 962. The third-order valence-electron chi connectivity index (χ3n) is 4.79. The van der Waals surface area contributed by atoms with Crippen molar-refractivity contribution in [3.05, 3.63) is 60.2 Å². The van der Waals surface area contributed by atoms with Crippen molar-refractivity contribution >= 4 is 11.7 Å². The minimum absolute atomic E-state index is 0.162. The van der Waals surface area contributed by atoms with Gasteiger partial charge in [0.2, 0.25) is 0 Å². The molecule has 3 aromatic rings. The smallest absolute Gasteiger partial charge is 0.256 e. The Morgan fingerprint density at radius 3 is 2.83 bits per heavy atom. The van der Waals surface area contributed by atoms with Gasteiger partial charge in [0.05, 0.1) is 18.9 Å². The summed E-state index contributed by atoms with van der Waals surface area (Å²) in [4.78, 5) is 12.5. The lowest BCUT2D eigenvalue weighted by atomic mass is 10.1. The number of ether oxygens (including phenoxy) is 3. The first-order valence-electron chi connectivity index (χ1n) is 9.57. The minimum atomic E-state index is -0.242. The van der Waals surface area contributed by atoms with Gasteiger partial charge >= 0.3 is 0 Å². The number of aromatic amines is 1. The van der Waals surface area contributed by atoms with Crippen molar-refractivity contribution < 1.29 is 19.0 Å². The summed E-state index contributed by atoms with van der Waals surface area (Å²) in [6, 6.07) is 16.4. The molecule has 7 nitrogen and oxygen atoms in total. The number of aromatic nitrogens is 2. The third kappa shape index (κ3) is 4.57. The summed E-state index contributed by atoms with van der Waals surface area (Å²) >= 11 is 0. The highest BCUT2D eigenvalue weighted by atomic mass is 16.5. The predicted molar refractivity (Wildman–Crippen MR) is 109 cm³/mol. The van der Waals surface area contributed by atoms with Crippen LogP contribution in [0.2, 0.25) is 0 Å². The summed E-state index contributed by atoms with van der Waals surface area (Å²) < 4.78 is 16.6. The van der Waals surface area contributed by atoms with E-state index < -0.39 is 0 Å². The normalized spacial score (nSPS) is 15.8. The zero-order valence-corrected chi connectivity index (χ0v) is 16.2. The second-order valence-electron chi connectivity index (χ2n) is 6.79. The molecule has 1 aromatic heterocycles. The number of H-pyrrole nitrogens is 1. The van der Waals surface area contributed by atoms with E-state index in [2.05, 4.69) is 15.5 Å². The number of benzene rings is 2. The molecule has 2 aromatic carbocycles. The van der Waals surface area contributed by atoms with E-state index in [1.54, 1.807) is 37.4 Å². The van der Waals surface area contributed by atoms with Gasteiger partial charge in [0.1, 0.15) is 18.1 Å². The number of nitrogens with one attached hydrogen (secondary N) is 2. The molecule has 0 saturated carbocycles. The average Bonchev–Trinajstić information content (AvgIpc) is 3.45. The van der Waals surface area contributed by atoms with E-state index in [4.69, 9.17) is 14.2 Å². The summed E-state index contributed by atoms with van der Waals surface area (Å²) in [5.41, 5.74) is 2.16. The van der Waals surface area contributed by atoms with Gasteiger partial charge in [-0.05, 0) is 49.2 Å². The summed E-state index contributed by atoms with van der Waals surface area (Å²) in [7, 11) is 1.62. The molecule has 1 atom stereocenters. The van der Waals surface area contributed by atoms with Crippen molar-refractivity contribution in [1.29, 1.82) is 0 Å². The minimum Gasteiger partial charge on any atom is -0.496 e. The van der Waals surface area contributed by atoms with E-state index in [-0.39, 0.29) is 12.0 Å². The monoisotopic (exact) mass is 393 g/mol. The van der Waals surface area contributed by atoms with Crippen molar-refractivity contribution in [2.24, 2.45) is 0 Å². The van der Waals surface area contributed by atoms with E-state index in [9.17, 15) is 4.79 Å². The Morgan fingerprint density at radius 2 is 2.07 bits per heavy atom. The Kier molecular flexibility index (Phi) is 5.76. The standard InChI is InChI=1S/C22H23N3O4/c1-27-20-7-3-2-6-18(20)19-13-21(25-24-19)23-22(26)15-8-10-16(11-9-15)29-14-17-5-4-12-28-17/h2-3,6-11,13,17H,4-5,12,14H2,1H3,(H2,23,24,25,26). The van der Waals surface area contributed by atoms with Crippen molar-refractivity contribution in [1.82, 2.24) is 10.2 Å². The van der Waals surface area contributed by atoms with Gasteiger partial charge in [-0.25, -0.2) is 0 Å². The summed E-state index contributed by atoms with van der Waals surface area (Å²) in [6.07, 6.45) is 2.27. The number of rotatable bonds is 7. The molecule has 2 N–H and O–H groups in total. The fraction of sp³-hybridized carbons (Fsp3) is 0.273. The van der Waals surface area contributed by atoms with Crippen molar-refractivity contribution in [2.75, 3.05) is 25.6 Å². The summed E-state index contributed by atoms with van der Waals surface area (Å²) in [5, 5.41) is 9.90. The molecule has 0 spiro atoms. The maximum atomic E-state index is 12.5. The Morgan fingerprint density at radius 1 is 1.24 bits per heavy atom. The van der Waals surface area contributed by atoms with Crippen LogP contribution < -0.4 is 14.8 Å². The fourth-order valence-corrected chi connectivity index (χ4v) is 3.25. The van der Waals surface area contributed by atoms with Gasteiger partial charge in [-0.3, -0.25) is 9.89 Å². The van der Waals surface area contributed by atoms with Crippen LogP contribution in [0, 0.1) is 0 Å². The summed E-state index contributed by atoms with van der Waals surface area (Å²) in [5.74, 6) is 1.64. The largest absolute Gasteiger partial charge is 0.496 e. The highest BCUT2D eigenvalue weighted by Gasteiger charge is 2.16. The lowest BCUT2D eigenvalue weighted by molar-refractivity contribution is 0.0679. The van der Waals surface area contributed by atoms with Crippen LogP contribution in [0.4, 0.5) is 5.82 Å². The Balaban J connectivity index is 1.37. The molecule has 29 heavy (non-hydrogen) atoms. The molecule has 1 aliphatic heterocycles. The zero-order chi connectivity index (χ0) is 20.1. The molecule has 1 unspecified atom stereocenters. The SMILES string of the molecule is COc1ccccc1-c1cc(NC(=O)c2ccc(OCC3CCCO3)cc2)n[nH]1. The first-order chi connectivity index (χ1) is 14.2. The zero-order valence-electron chi connectivity index (χ0n) is 16.2. The number of carbonyl (C=O) groups is 1. The van der Waals surface area contributed by atoms with E-state index in [1.807, 2.05) is 24.3 Å². The van der Waals surface area contributed by atoms with Gasteiger partial charge in [0, 0.05) is 23.8 Å². The lowest BCUT2D eigenvalue weighted by Gasteiger charge is -2.11. The molecule has 0 radical (unpaired) electrons. The molecule has 2 heterocycles. The molecule has 1 amide bonds. The van der Waals surface area contributed by atoms with Gasteiger partial charge in [-0.2, -0.15) is 5.10 Å². The highest BCUT2D eigenvalue weighted by molar-refractivity contribution is 6.04. The maximum Gasteiger partial charge on any atom is 0.256 e. The molecule has 150 valence electrons. The first kappa shape index (κ1) is 19.0. The average molecular weight is 393 g/mol. The molecular formula is C22H23N3O4. The number of hydrogen-bond acceptors (Lipinski definition) is 5. The molecule has 0 bridgehead atoms. The van der Waals surface area contributed by atoms with Crippen LogP contribution in [0.1, 0.15) is 23.2 Å². The van der Waals surface area contributed by atoms with E-state index in [0.29, 0.717) is 18.0 Å². The van der Waals surface area contributed by atoms with Crippen LogP contribution >= 0.6 is 0 Å². The number of para-hydroxylation sites is 1. The fourth-order valence-electron chi connectivity index (χ4n) is 3.25. The second-order valence-corrected chi connectivity index (χ2v) is 6.79. The second kappa shape index (κ2) is 8.79. The van der Waals surface area contributed by atoms with Gasteiger partial charge in [0.25, 0.3) is 5.91 Å². The third-order valence-corrected chi connectivity index (χ3v) is 4.79. The number of anilines is 1. The van der Waals surface area contributed by atoms with Crippen LogP contribution in [0.15, 0.2) is 54.6 Å². The van der Waals surface area contributed by atoms with Crippen LogP contribution in [0.3, 0.4) is 0 Å². The Hall–Kier alpha value is -3.32. The predicted octanol–water partition coefficient (Wildman–Crippen LogP) is 3.90. The topological polar surface area (TPSA) is 85.5 Å². The number of amides is 1. The van der Waals surface area contributed by atoms with Gasteiger partial charge < -0.3 is 19.5 Å². The van der Waals surface area contributed by atoms with Crippen LogP contribution in [-0.2, 0) is 4.74 Å². The van der Waals surface area contributed by atoms with Crippen LogP contribution in [-0.4, -0.2) is 42.5 Å². The lowest BCUT2D eigenvalue weighted by Crippen LogP contribution is -2.16. The van der Waals surface area contributed by atoms with Crippen LogP contribution in [0.25, 0.3) is 11.3 Å². The molecule has 0 aliphatic carbocycles. The number of hydrogen-bond donors (Lipinski definition) is 2.